The van der Waals surface area contributed by atoms with Crippen molar-refractivity contribution in [2.24, 2.45) is 7.05 Å². The van der Waals surface area contributed by atoms with Crippen LogP contribution >= 0.6 is 0 Å². The Morgan fingerprint density at radius 1 is 1.29 bits per heavy atom. The van der Waals surface area contributed by atoms with Crippen LogP contribution in [0.15, 0.2) is 36.7 Å². The summed E-state index contributed by atoms with van der Waals surface area (Å²) in [5.74, 6) is 2.17. The summed E-state index contributed by atoms with van der Waals surface area (Å²) in [6, 6.07) is 8.15. The SMILES string of the molecule is CN(CCCc1nccn1C)Cc1nc2ccccc2[nH]1. The number of imidazole rings is 2. The van der Waals surface area contributed by atoms with E-state index in [1.54, 1.807) is 0 Å². The maximum atomic E-state index is 4.61. The van der Waals surface area contributed by atoms with Crippen LogP contribution in [-0.4, -0.2) is 38.0 Å². The number of nitrogens with zero attached hydrogens (tertiary/aromatic N) is 4. The highest BCUT2D eigenvalue weighted by atomic mass is 15.1. The first-order valence-electron chi connectivity index (χ1n) is 7.31. The number of benzene rings is 1. The average Bonchev–Trinajstić information content (AvgIpc) is 3.04. The maximum absolute atomic E-state index is 4.61. The summed E-state index contributed by atoms with van der Waals surface area (Å²) >= 11 is 0. The number of para-hydroxylation sites is 2. The lowest BCUT2D eigenvalue weighted by molar-refractivity contribution is 0.314. The molecule has 0 saturated carbocycles. The van der Waals surface area contributed by atoms with Crippen LogP contribution in [0.5, 0.6) is 0 Å². The molecule has 2 aromatic heterocycles. The number of H-pyrrole nitrogens is 1. The largest absolute Gasteiger partial charge is 0.341 e. The first kappa shape index (κ1) is 13.8. The molecule has 5 nitrogen and oxygen atoms in total. The van der Waals surface area contributed by atoms with Gasteiger partial charge >= 0.3 is 0 Å². The monoisotopic (exact) mass is 283 g/mol. The molecular weight excluding hydrogens is 262 g/mol. The predicted molar refractivity (Wildman–Crippen MR) is 84.0 cm³/mol. The van der Waals surface area contributed by atoms with Gasteiger partial charge in [0.1, 0.15) is 11.6 Å². The van der Waals surface area contributed by atoms with Crippen LogP contribution in [0, 0.1) is 0 Å². The van der Waals surface area contributed by atoms with Gasteiger partial charge in [0, 0.05) is 25.9 Å². The lowest BCUT2D eigenvalue weighted by atomic mass is 10.3. The summed E-state index contributed by atoms with van der Waals surface area (Å²) in [7, 11) is 4.17. The van der Waals surface area contributed by atoms with Crippen LogP contribution in [0.4, 0.5) is 0 Å². The second-order valence-electron chi connectivity index (χ2n) is 5.50. The Kier molecular flexibility index (Phi) is 4.01. The van der Waals surface area contributed by atoms with Gasteiger partial charge in [-0.1, -0.05) is 12.1 Å². The summed E-state index contributed by atoms with van der Waals surface area (Å²) in [5, 5.41) is 0. The van der Waals surface area contributed by atoms with Gasteiger partial charge in [-0.2, -0.15) is 0 Å². The predicted octanol–water partition coefficient (Wildman–Crippen LogP) is 2.36. The molecule has 0 saturated heterocycles. The van der Waals surface area contributed by atoms with E-state index in [1.807, 2.05) is 37.6 Å². The summed E-state index contributed by atoms with van der Waals surface area (Å²) in [6.07, 6.45) is 5.95. The molecule has 0 aliphatic heterocycles. The average molecular weight is 283 g/mol. The molecule has 0 fully saturated rings. The fraction of sp³-hybridized carbons (Fsp3) is 0.375. The van der Waals surface area contributed by atoms with Crippen molar-refractivity contribution < 1.29 is 0 Å². The van der Waals surface area contributed by atoms with Crippen LogP contribution < -0.4 is 0 Å². The lowest BCUT2D eigenvalue weighted by Crippen LogP contribution is -2.20. The van der Waals surface area contributed by atoms with Crippen LogP contribution in [0.25, 0.3) is 11.0 Å². The third-order valence-electron chi connectivity index (χ3n) is 3.72. The molecule has 1 N–H and O–H groups in total. The molecule has 0 aliphatic carbocycles. The Labute approximate surface area is 124 Å². The van der Waals surface area contributed by atoms with E-state index >= 15 is 0 Å². The van der Waals surface area contributed by atoms with Crippen molar-refractivity contribution in [3.05, 3.63) is 48.3 Å². The second-order valence-corrected chi connectivity index (χ2v) is 5.50. The molecular formula is C16H21N5. The first-order chi connectivity index (χ1) is 10.2. The minimum atomic E-state index is 0.843. The van der Waals surface area contributed by atoms with Crippen LogP contribution in [0.2, 0.25) is 0 Å². The summed E-state index contributed by atoms with van der Waals surface area (Å²) in [6.45, 7) is 1.87. The number of hydrogen-bond acceptors (Lipinski definition) is 3. The zero-order valence-electron chi connectivity index (χ0n) is 12.6. The molecule has 110 valence electrons. The lowest BCUT2D eigenvalue weighted by Gasteiger charge is -2.14. The first-order valence-corrected chi connectivity index (χ1v) is 7.31. The van der Waals surface area contributed by atoms with Crippen molar-refractivity contribution in [1.82, 2.24) is 24.4 Å². The molecule has 5 heteroatoms. The minimum absolute atomic E-state index is 0.843. The molecule has 0 amide bonds. The molecule has 0 atom stereocenters. The minimum Gasteiger partial charge on any atom is -0.341 e. The number of aromatic nitrogens is 4. The molecule has 1 aromatic carbocycles. The summed E-state index contributed by atoms with van der Waals surface area (Å²) < 4.78 is 2.08. The van der Waals surface area contributed by atoms with E-state index in [-0.39, 0.29) is 0 Å². The Hall–Kier alpha value is -2.14. The second kappa shape index (κ2) is 6.10. The Morgan fingerprint density at radius 2 is 2.14 bits per heavy atom. The Balaban J connectivity index is 1.51. The van der Waals surface area contributed by atoms with Gasteiger partial charge < -0.3 is 9.55 Å². The number of hydrogen-bond donors (Lipinski definition) is 1. The topological polar surface area (TPSA) is 49.7 Å². The van der Waals surface area contributed by atoms with E-state index in [1.165, 1.54) is 0 Å². The van der Waals surface area contributed by atoms with Crippen molar-refractivity contribution in [3.63, 3.8) is 0 Å². The van der Waals surface area contributed by atoms with Crippen molar-refractivity contribution in [3.8, 4) is 0 Å². The van der Waals surface area contributed by atoms with Gasteiger partial charge in [0.2, 0.25) is 0 Å². The standard InChI is InChI=1S/C16H21N5/c1-20(10-5-8-16-17-9-11-21(16)2)12-15-18-13-6-3-4-7-14(13)19-15/h3-4,6-7,9,11H,5,8,10,12H2,1-2H3,(H,18,19). The zero-order valence-corrected chi connectivity index (χ0v) is 12.6. The Morgan fingerprint density at radius 3 is 2.90 bits per heavy atom. The molecule has 3 rings (SSSR count). The number of aromatic amines is 1. The van der Waals surface area contributed by atoms with Gasteiger partial charge in [0.05, 0.1) is 17.6 Å². The fourth-order valence-corrected chi connectivity index (χ4v) is 2.56. The van der Waals surface area contributed by atoms with Crippen LogP contribution in [0.3, 0.4) is 0 Å². The van der Waals surface area contributed by atoms with Crippen molar-refractivity contribution in [2.75, 3.05) is 13.6 Å². The van der Waals surface area contributed by atoms with Gasteiger partial charge in [0.15, 0.2) is 0 Å². The normalized spacial score (nSPS) is 11.6. The van der Waals surface area contributed by atoms with Crippen LogP contribution in [0.1, 0.15) is 18.1 Å². The van der Waals surface area contributed by atoms with E-state index in [0.29, 0.717) is 0 Å². The number of nitrogens with one attached hydrogen (secondary N) is 1. The van der Waals surface area contributed by atoms with Gasteiger partial charge in [0.25, 0.3) is 0 Å². The summed E-state index contributed by atoms with van der Waals surface area (Å²) in [5.41, 5.74) is 2.14. The van der Waals surface area contributed by atoms with E-state index in [4.69, 9.17) is 0 Å². The molecule has 0 bridgehead atoms. The third kappa shape index (κ3) is 3.31. The molecule has 21 heavy (non-hydrogen) atoms. The van der Waals surface area contributed by atoms with Crippen molar-refractivity contribution in [2.45, 2.75) is 19.4 Å². The van der Waals surface area contributed by atoms with Gasteiger partial charge in [-0.25, -0.2) is 9.97 Å². The molecule has 0 radical (unpaired) electrons. The summed E-state index contributed by atoms with van der Waals surface area (Å²) in [4.78, 5) is 14.6. The Bertz CT molecular complexity index is 679. The van der Waals surface area contributed by atoms with E-state index in [9.17, 15) is 0 Å². The molecule has 3 aromatic rings. The third-order valence-corrected chi connectivity index (χ3v) is 3.72. The highest BCUT2D eigenvalue weighted by Crippen LogP contribution is 2.11. The molecule has 2 heterocycles. The highest BCUT2D eigenvalue weighted by Gasteiger charge is 2.06. The van der Waals surface area contributed by atoms with Crippen molar-refractivity contribution in [1.29, 1.82) is 0 Å². The van der Waals surface area contributed by atoms with Gasteiger partial charge in [-0.3, -0.25) is 4.90 Å². The molecule has 0 aliphatic rings. The van der Waals surface area contributed by atoms with E-state index in [2.05, 4.69) is 37.5 Å². The van der Waals surface area contributed by atoms with E-state index in [0.717, 1.165) is 48.6 Å². The van der Waals surface area contributed by atoms with Gasteiger partial charge in [-0.05, 0) is 32.1 Å². The number of aryl methyl sites for hydroxylation is 2. The smallest absolute Gasteiger partial charge is 0.121 e. The molecule has 0 unspecified atom stereocenters. The molecule has 0 spiro atoms. The van der Waals surface area contributed by atoms with Gasteiger partial charge in [-0.15, -0.1) is 0 Å². The number of rotatable bonds is 6. The zero-order chi connectivity index (χ0) is 14.7. The highest BCUT2D eigenvalue weighted by molar-refractivity contribution is 5.74. The maximum Gasteiger partial charge on any atom is 0.121 e. The van der Waals surface area contributed by atoms with Crippen molar-refractivity contribution >= 4 is 11.0 Å². The van der Waals surface area contributed by atoms with Crippen LogP contribution in [-0.2, 0) is 20.0 Å². The van der Waals surface area contributed by atoms with E-state index < -0.39 is 0 Å². The number of fused-ring (bicyclic) bond motifs is 1. The quantitative estimate of drug-likeness (QED) is 0.755. The fourth-order valence-electron chi connectivity index (χ4n) is 2.56.